The molecule has 33 heavy (non-hydrogen) atoms. The quantitative estimate of drug-likeness (QED) is 0.361. The van der Waals surface area contributed by atoms with Crippen LogP contribution in [0.25, 0.3) is 11.1 Å². The van der Waals surface area contributed by atoms with Crippen molar-refractivity contribution in [2.45, 2.75) is 19.6 Å². The van der Waals surface area contributed by atoms with Gasteiger partial charge in [-0.15, -0.1) is 0 Å². The maximum atomic E-state index is 14.9. The fourth-order valence-electron chi connectivity index (χ4n) is 3.34. The van der Waals surface area contributed by atoms with Crippen LogP contribution in [0.3, 0.4) is 0 Å². The van der Waals surface area contributed by atoms with Crippen molar-refractivity contribution in [3.05, 3.63) is 114 Å². The molecule has 0 saturated heterocycles. The van der Waals surface area contributed by atoms with Crippen molar-refractivity contribution in [2.24, 2.45) is 0 Å². The van der Waals surface area contributed by atoms with Gasteiger partial charge in [-0.3, -0.25) is 4.79 Å². The highest BCUT2D eigenvalue weighted by molar-refractivity contribution is 5.73. The number of nitrogens with zero attached hydrogens (tertiary/aromatic N) is 1. The Morgan fingerprint density at radius 2 is 1.36 bits per heavy atom. The fraction of sp³-hybridized carbons (Fsp3) is 0.111. The van der Waals surface area contributed by atoms with Crippen molar-refractivity contribution in [1.29, 1.82) is 0 Å². The third kappa shape index (κ3) is 5.95. The normalized spacial score (nSPS) is 10.6. The van der Waals surface area contributed by atoms with E-state index in [1.54, 1.807) is 24.3 Å². The van der Waals surface area contributed by atoms with Crippen LogP contribution in [-0.2, 0) is 24.4 Å². The third-order valence-electron chi connectivity index (χ3n) is 4.96. The van der Waals surface area contributed by atoms with Crippen molar-refractivity contribution < 1.29 is 23.8 Å². The molecule has 0 aliphatic carbocycles. The lowest BCUT2D eigenvalue weighted by Crippen LogP contribution is -2.04. The van der Waals surface area contributed by atoms with Gasteiger partial charge in [-0.25, -0.2) is 4.39 Å². The zero-order valence-corrected chi connectivity index (χ0v) is 17.8. The first-order chi connectivity index (χ1) is 16.1. The second-order valence-electron chi connectivity index (χ2n) is 7.44. The van der Waals surface area contributed by atoms with E-state index in [4.69, 9.17) is 14.6 Å². The van der Waals surface area contributed by atoms with Gasteiger partial charge in [0, 0.05) is 17.2 Å². The molecule has 0 unspecified atom stereocenters. The van der Waals surface area contributed by atoms with Crippen molar-refractivity contribution in [1.82, 2.24) is 4.98 Å². The number of hydrogen-bond donors (Lipinski definition) is 1. The summed E-state index contributed by atoms with van der Waals surface area (Å²) in [5.74, 6) is -0.975. The van der Waals surface area contributed by atoms with Crippen LogP contribution >= 0.6 is 0 Å². The first-order valence-electron chi connectivity index (χ1n) is 10.4. The lowest BCUT2D eigenvalue weighted by atomic mass is 10.0. The predicted molar refractivity (Wildman–Crippen MR) is 123 cm³/mol. The standard InChI is InChI=1S/C27H22FNO4/c28-24-15-21(16-26(30)31)11-12-22(24)23-13-14-25(32-17-19-7-3-1-4-8-19)29-27(23)33-18-20-9-5-2-6-10-20/h1-15H,16-18H2,(H,30,31). The topological polar surface area (TPSA) is 68.7 Å². The Bertz CT molecular complexity index is 1230. The Morgan fingerprint density at radius 3 is 1.97 bits per heavy atom. The zero-order valence-electron chi connectivity index (χ0n) is 17.8. The van der Waals surface area contributed by atoms with Crippen molar-refractivity contribution in [3.63, 3.8) is 0 Å². The van der Waals surface area contributed by atoms with Gasteiger partial charge in [-0.1, -0.05) is 72.8 Å². The van der Waals surface area contributed by atoms with E-state index in [1.807, 2.05) is 60.7 Å². The molecule has 1 heterocycles. The van der Waals surface area contributed by atoms with Crippen LogP contribution in [-0.4, -0.2) is 16.1 Å². The summed E-state index contributed by atoms with van der Waals surface area (Å²) in [4.78, 5) is 15.4. The number of carboxylic acids is 1. The highest BCUT2D eigenvalue weighted by atomic mass is 19.1. The number of halogens is 1. The molecule has 6 heteroatoms. The van der Waals surface area contributed by atoms with Gasteiger partial charge in [-0.05, 0) is 28.8 Å². The summed E-state index contributed by atoms with van der Waals surface area (Å²) in [7, 11) is 0. The van der Waals surface area contributed by atoms with E-state index in [1.165, 1.54) is 6.07 Å². The predicted octanol–water partition coefficient (Wildman–Crippen LogP) is 5.67. The summed E-state index contributed by atoms with van der Waals surface area (Å²) < 4.78 is 26.7. The Morgan fingerprint density at radius 1 is 0.758 bits per heavy atom. The maximum absolute atomic E-state index is 14.9. The Hall–Kier alpha value is -4.19. The second-order valence-corrected chi connectivity index (χ2v) is 7.44. The van der Waals surface area contributed by atoms with Gasteiger partial charge in [0.2, 0.25) is 11.8 Å². The summed E-state index contributed by atoms with van der Waals surface area (Å²) in [6.07, 6.45) is -0.251. The van der Waals surface area contributed by atoms with E-state index in [2.05, 4.69) is 4.98 Å². The first-order valence-corrected chi connectivity index (χ1v) is 10.4. The molecular weight excluding hydrogens is 421 g/mol. The zero-order chi connectivity index (χ0) is 23.0. The summed E-state index contributed by atoms with van der Waals surface area (Å²) in [5.41, 5.74) is 3.05. The van der Waals surface area contributed by atoms with E-state index in [9.17, 15) is 9.18 Å². The molecule has 0 aliphatic heterocycles. The van der Waals surface area contributed by atoms with Gasteiger partial charge in [0.25, 0.3) is 0 Å². The number of carbonyl (C=O) groups is 1. The molecule has 3 aromatic carbocycles. The Balaban J connectivity index is 1.62. The summed E-state index contributed by atoms with van der Waals surface area (Å²) >= 11 is 0. The van der Waals surface area contributed by atoms with Gasteiger partial charge in [0.15, 0.2) is 0 Å². The molecule has 0 aliphatic rings. The molecular formula is C27H22FNO4. The molecule has 5 nitrogen and oxygen atoms in total. The summed E-state index contributed by atoms with van der Waals surface area (Å²) in [6, 6.07) is 27.0. The van der Waals surface area contributed by atoms with Crippen molar-refractivity contribution >= 4 is 5.97 Å². The highest BCUT2D eigenvalue weighted by Gasteiger charge is 2.16. The van der Waals surface area contributed by atoms with Crippen LogP contribution in [0.5, 0.6) is 11.8 Å². The van der Waals surface area contributed by atoms with Crippen LogP contribution in [0.2, 0.25) is 0 Å². The van der Waals surface area contributed by atoms with E-state index in [-0.39, 0.29) is 24.5 Å². The maximum Gasteiger partial charge on any atom is 0.307 e. The average molecular weight is 443 g/mol. The van der Waals surface area contributed by atoms with E-state index in [0.29, 0.717) is 23.6 Å². The number of aliphatic carboxylic acids is 1. The van der Waals surface area contributed by atoms with Gasteiger partial charge < -0.3 is 14.6 Å². The van der Waals surface area contributed by atoms with Crippen molar-refractivity contribution in [3.8, 4) is 22.9 Å². The first kappa shape index (κ1) is 22.0. The smallest absolute Gasteiger partial charge is 0.307 e. The number of rotatable bonds is 9. The number of carboxylic acid groups (broad SMARTS) is 1. The molecule has 0 amide bonds. The molecule has 0 bridgehead atoms. The van der Waals surface area contributed by atoms with Crippen molar-refractivity contribution in [2.75, 3.05) is 0 Å². The number of aromatic nitrogens is 1. The number of benzene rings is 3. The minimum absolute atomic E-state index is 0.231. The van der Waals surface area contributed by atoms with Crippen LogP contribution < -0.4 is 9.47 Å². The summed E-state index contributed by atoms with van der Waals surface area (Å²) in [6.45, 7) is 0.589. The number of hydrogen-bond acceptors (Lipinski definition) is 4. The average Bonchev–Trinajstić information content (AvgIpc) is 2.83. The third-order valence-corrected chi connectivity index (χ3v) is 4.96. The SMILES string of the molecule is O=C(O)Cc1ccc(-c2ccc(OCc3ccccc3)nc2OCc2ccccc2)c(F)c1. The van der Waals surface area contributed by atoms with Gasteiger partial charge in [-0.2, -0.15) is 4.98 Å². The molecule has 166 valence electrons. The van der Waals surface area contributed by atoms with E-state index < -0.39 is 11.8 Å². The van der Waals surface area contributed by atoms with E-state index in [0.717, 1.165) is 11.1 Å². The summed E-state index contributed by atoms with van der Waals surface area (Å²) in [5, 5.41) is 8.96. The number of pyridine rings is 1. The highest BCUT2D eigenvalue weighted by Crippen LogP contribution is 2.33. The Labute approximate surface area is 191 Å². The lowest BCUT2D eigenvalue weighted by molar-refractivity contribution is -0.136. The molecule has 0 atom stereocenters. The molecule has 4 aromatic rings. The van der Waals surface area contributed by atoms with Crippen LogP contribution in [0.15, 0.2) is 91.0 Å². The number of ether oxygens (including phenoxy) is 2. The lowest BCUT2D eigenvalue weighted by Gasteiger charge is -2.14. The van der Waals surface area contributed by atoms with Crippen LogP contribution in [0.1, 0.15) is 16.7 Å². The monoisotopic (exact) mass is 443 g/mol. The van der Waals surface area contributed by atoms with Gasteiger partial charge >= 0.3 is 5.97 Å². The fourth-order valence-corrected chi connectivity index (χ4v) is 3.34. The van der Waals surface area contributed by atoms with Crippen LogP contribution in [0.4, 0.5) is 4.39 Å². The molecule has 0 fully saturated rings. The molecule has 4 rings (SSSR count). The molecule has 0 radical (unpaired) electrons. The minimum Gasteiger partial charge on any atom is -0.481 e. The van der Waals surface area contributed by atoms with Gasteiger partial charge in [0.05, 0.1) is 6.42 Å². The molecule has 0 spiro atoms. The van der Waals surface area contributed by atoms with Crippen LogP contribution in [0, 0.1) is 5.82 Å². The second kappa shape index (κ2) is 10.4. The van der Waals surface area contributed by atoms with E-state index >= 15 is 0 Å². The molecule has 0 saturated carbocycles. The molecule has 1 aromatic heterocycles. The largest absolute Gasteiger partial charge is 0.481 e. The minimum atomic E-state index is -1.02. The Kier molecular flexibility index (Phi) is 6.95. The van der Waals surface area contributed by atoms with Gasteiger partial charge in [0.1, 0.15) is 19.0 Å². The molecule has 1 N–H and O–H groups in total.